The molecule has 0 spiro atoms. The Hall–Kier alpha value is -4.17. The Morgan fingerprint density at radius 3 is 2.27 bits per heavy atom. The first kappa shape index (κ1) is 33.0. The second kappa shape index (κ2) is 15.6. The van der Waals surface area contributed by atoms with E-state index in [-0.39, 0.29) is 31.3 Å². The van der Waals surface area contributed by atoms with Crippen LogP contribution >= 0.6 is 0 Å². The molecule has 0 saturated carbocycles. The molecule has 0 radical (unpaired) electrons. The van der Waals surface area contributed by atoms with Gasteiger partial charge in [-0.2, -0.15) is 0 Å². The number of rotatable bonds is 16. The lowest BCUT2D eigenvalue weighted by Crippen LogP contribution is -2.60. The number of para-hydroxylation sites is 1. The van der Waals surface area contributed by atoms with E-state index in [1.807, 2.05) is 38.1 Å². The number of hydrogen-bond acceptors (Lipinski definition) is 7. The normalized spacial score (nSPS) is 14.9. The van der Waals surface area contributed by atoms with Crippen LogP contribution in [0.5, 0.6) is 0 Å². The highest BCUT2D eigenvalue weighted by atomic mass is 16.4. The molecule has 14 nitrogen and oxygen atoms in total. The number of carboxylic acid groups (broad SMARTS) is 1. The second-order valence-electron chi connectivity index (χ2n) is 10.5. The monoisotopic (exact) mass is 574 g/mol. The van der Waals surface area contributed by atoms with Gasteiger partial charge in [0.1, 0.15) is 18.1 Å². The predicted octanol–water partition coefficient (Wildman–Crippen LogP) is -0.733. The Morgan fingerprint density at radius 2 is 1.66 bits per heavy atom. The quantitative estimate of drug-likeness (QED) is 0.0688. The Labute approximate surface area is 238 Å². The van der Waals surface area contributed by atoms with Crippen molar-refractivity contribution < 1.29 is 29.4 Å². The average Bonchev–Trinajstić information content (AvgIpc) is 3.30. The molecular formula is C27H42N8O6. The third-order valence-electron chi connectivity index (χ3n) is 6.46. The zero-order valence-electron chi connectivity index (χ0n) is 23.6. The summed E-state index contributed by atoms with van der Waals surface area (Å²) in [6.07, 6.45) is 1.07. The zero-order chi connectivity index (χ0) is 30.7. The molecular weight excluding hydrogens is 532 g/mol. The summed E-state index contributed by atoms with van der Waals surface area (Å²) in [4.78, 5) is 54.3. The van der Waals surface area contributed by atoms with Crippen molar-refractivity contribution in [3.05, 3.63) is 36.0 Å². The van der Waals surface area contributed by atoms with Crippen LogP contribution < -0.4 is 32.7 Å². The summed E-state index contributed by atoms with van der Waals surface area (Å²) in [5.74, 6) is -3.62. The van der Waals surface area contributed by atoms with E-state index >= 15 is 0 Å². The van der Waals surface area contributed by atoms with Crippen molar-refractivity contribution in [1.82, 2.24) is 26.3 Å². The van der Waals surface area contributed by atoms with E-state index in [2.05, 4.69) is 26.3 Å². The summed E-state index contributed by atoms with van der Waals surface area (Å²) in [6.45, 7) is 5.34. The molecule has 0 saturated heterocycles. The van der Waals surface area contributed by atoms with Gasteiger partial charge in [0.2, 0.25) is 17.7 Å². The zero-order valence-corrected chi connectivity index (χ0v) is 23.6. The van der Waals surface area contributed by atoms with Gasteiger partial charge in [0.25, 0.3) is 0 Å². The van der Waals surface area contributed by atoms with E-state index in [0.29, 0.717) is 18.4 Å². The number of aliphatic carboxylic acids is 1. The van der Waals surface area contributed by atoms with E-state index < -0.39 is 54.0 Å². The van der Waals surface area contributed by atoms with Gasteiger partial charge >= 0.3 is 5.97 Å². The standard InChI is InChI=1S/C27H42N8O6/c1-14(2)11-18(28)23(37)35-22(15(3)36)25(39)34-21(12-16-13-32-19-8-5-4-7-17(16)19)24(38)33-20(26(40)41)9-6-10-31-27(29)30/h4-5,7-8,13-15,18,20-22,32,36H,6,9-12,28H2,1-3H3,(H,33,38)(H,34,39)(H,35,37)(H,40,41)(H4,29,30,31)/t15-,18+,20+,21+,22+/m1/s1. The number of aliphatic hydroxyl groups excluding tert-OH is 1. The summed E-state index contributed by atoms with van der Waals surface area (Å²) in [5, 5.41) is 38.1. The van der Waals surface area contributed by atoms with Crippen LogP contribution in [0.25, 0.3) is 10.9 Å². The third kappa shape index (κ3) is 10.4. The van der Waals surface area contributed by atoms with Gasteiger partial charge in [-0.3, -0.25) is 19.8 Å². The van der Waals surface area contributed by atoms with Crippen molar-refractivity contribution in [3.8, 4) is 0 Å². The molecule has 0 bridgehead atoms. The topological polar surface area (TPSA) is 249 Å². The van der Waals surface area contributed by atoms with Crippen LogP contribution in [0, 0.1) is 11.3 Å². The number of aromatic nitrogens is 1. The molecule has 12 N–H and O–H groups in total. The van der Waals surface area contributed by atoms with Crippen LogP contribution in [0.4, 0.5) is 0 Å². The number of H-pyrrole nitrogens is 1. The molecule has 3 amide bonds. The maximum Gasteiger partial charge on any atom is 0.326 e. The summed E-state index contributed by atoms with van der Waals surface area (Å²) in [6, 6.07) is 2.52. The molecule has 0 aliphatic rings. The van der Waals surface area contributed by atoms with Crippen molar-refractivity contribution in [2.24, 2.45) is 17.4 Å². The molecule has 0 aliphatic heterocycles. The molecule has 2 aromatic rings. The molecule has 14 heteroatoms. The van der Waals surface area contributed by atoms with Crippen LogP contribution in [0.15, 0.2) is 30.5 Å². The maximum atomic E-state index is 13.4. The largest absolute Gasteiger partial charge is 0.480 e. The fourth-order valence-electron chi connectivity index (χ4n) is 4.33. The first-order valence-electron chi connectivity index (χ1n) is 13.5. The SMILES string of the molecule is CC(C)C[C@H](N)C(=O)N[C@H](C(=O)N[C@@H](Cc1c[nH]c2ccccc12)C(=O)N[C@@H](CCCNC(=N)N)C(=O)O)[C@@H](C)O. The number of guanidine groups is 1. The average molecular weight is 575 g/mol. The minimum absolute atomic E-state index is 0.00679. The van der Waals surface area contributed by atoms with Crippen molar-refractivity contribution in [2.75, 3.05) is 6.54 Å². The summed E-state index contributed by atoms with van der Waals surface area (Å²) < 4.78 is 0. The van der Waals surface area contributed by atoms with Crippen molar-refractivity contribution in [2.45, 2.75) is 76.7 Å². The molecule has 2 rings (SSSR count). The van der Waals surface area contributed by atoms with Crippen molar-refractivity contribution in [3.63, 3.8) is 0 Å². The lowest BCUT2D eigenvalue weighted by molar-refractivity contribution is -0.142. The number of amides is 3. The number of aromatic amines is 1. The Kier molecular flexibility index (Phi) is 12.5. The molecule has 0 fully saturated rings. The predicted molar refractivity (Wildman–Crippen MR) is 154 cm³/mol. The minimum Gasteiger partial charge on any atom is -0.480 e. The number of fused-ring (bicyclic) bond motifs is 1. The molecule has 226 valence electrons. The van der Waals surface area contributed by atoms with Crippen LogP contribution in [0.2, 0.25) is 0 Å². The Morgan fingerprint density at radius 1 is 1.00 bits per heavy atom. The lowest BCUT2D eigenvalue weighted by atomic mass is 10.0. The van der Waals surface area contributed by atoms with E-state index in [1.165, 1.54) is 6.92 Å². The summed E-state index contributed by atoms with van der Waals surface area (Å²) in [5.41, 5.74) is 12.7. The lowest BCUT2D eigenvalue weighted by Gasteiger charge is -2.26. The molecule has 1 aromatic heterocycles. The van der Waals surface area contributed by atoms with Crippen molar-refractivity contribution in [1.29, 1.82) is 5.41 Å². The number of aliphatic hydroxyl groups is 1. The van der Waals surface area contributed by atoms with E-state index in [0.717, 1.165) is 10.9 Å². The van der Waals surface area contributed by atoms with Gasteiger partial charge in [-0.05, 0) is 43.7 Å². The van der Waals surface area contributed by atoms with Gasteiger partial charge in [0, 0.05) is 30.1 Å². The number of nitrogens with two attached hydrogens (primary N) is 2. The molecule has 1 heterocycles. The molecule has 1 aromatic carbocycles. The number of benzene rings is 1. The molecule has 0 unspecified atom stereocenters. The minimum atomic E-state index is -1.41. The van der Waals surface area contributed by atoms with E-state index in [9.17, 15) is 29.4 Å². The fraction of sp³-hybridized carbons (Fsp3) is 0.519. The van der Waals surface area contributed by atoms with E-state index in [4.69, 9.17) is 16.9 Å². The highest BCUT2D eigenvalue weighted by Crippen LogP contribution is 2.19. The summed E-state index contributed by atoms with van der Waals surface area (Å²) >= 11 is 0. The highest BCUT2D eigenvalue weighted by molar-refractivity contribution is 5.95. The molecule has 41 heavy (non-hydrogen) atoms. The molecule has 5 atom stereocenters. The number of hydrogen-bond donors (Lipinski definition) is 10. The van der Waals surface area contributed by atoms with Crippen LogP contribution in [-0.2, 0) is 25.6 Å². The van der Waals surface area contributed by atoms with Gasteiger partial charge < -0.3 is 47.9 Å². The van der Waals surface area contributed by atoms with Crippen molar-refractivity contribution >= 4 is 40.6 Å². The van der Waals surface area contributed by atoms with Crippen LogP contribution in [-0.4, -0.2) is 81.7 Å². The first-order valence-corrected chi connectivity index (χ1v) is 13.5. The Balaban J connectivity index is 2.26. The van der Waals surface area contributed by atoms with Crippen LogP contribution in [0.1, 0.15) is 45.6 Å². The van der Waals surface area contributed by atoms with Gasteiger partial charge in [0.05, 0.1) is 12.1 Å². The fourth-order valence-corrected chi connectivity index (χ4v) is 4.33. The number of carbonyl (C=O) groups excluding carboxylic acids is 3. The number of carbonyl (C=O) groups is 4. The van der Waals surface area contributed by atoms with Gasteiger partial charge in [-0.1, -0.05) is 32.0 Å². The van der Waals surface area contributed by atoms with Gasteiger partial charge in [0.15, 0.2) is 5.96 Å². The first-order chi connectivity index (χ1) is 19.3. The smallest absolute Gasteiger partial charge is 0.326 e. The molecule has 0 aliphatic carbocycles. The summed E-state index contributed by atoms with van der Waals surface area (Å²) in [7, 11) is 0. The highest BCUT2D eigenvalue weighted by Gasteiger charge is 2.33. The third-order valence-corrected chi connectivity index (χ3v) is 6.46. The maximum absolute atomic E-state index is 13.4. The van der Waals surface area contributed by atoms with Crippen LogP contribution in [0.3, 0.4) is 0 Å². The number of carboxylic acids is 1. The Bertz CT molecular complexity index is 1210. The van der Waals surface area contributed by atoms with E-state index in [1.54, 1.807) is 6.20 Å². The van der Waals surface area contributed by atoms with Gasteiger partial charge in [-0.15, -0.1) is 0 Å². The number of nitrogens with one attached hydrogen (secondary N) is 6. The van der Waals surface area contributed by atoms with Gasteiger partial charge in [-0.25, -0.2) is 4.79 Å². The second-order valence-corrected chi connectivity index (χ2v) is 10.5.